The third-order valence-electron chi connectivity index (χ3n) is 6.71. The minimum atomic E-state index is -0.190. The second-order valence-electron chi connectivity index (χ2n) is 8.90. The van der Waals surface area contributed by atoms with Crippen molar-refractivity contribution in [2.45, 2.75) is 51.0 Å². The molecule has 2 amide bonds. The number of hydrogen-bond donors (Lipinski definition) is 3. The van der Waals surface area contributed by atoms with Gasteiger partial charge in [0.2, 0.25) is 11.8 Å². The Bertz CT molecular complexity index is 1000. The number of hydrogen-bond acceptors (Lipinski definition) is 5. The van der Waals surface area contributed by atoms with Gasteiger partial charge in [0.15, 0.2) is 5.78 Å². The summed E-state index contributed by atoms with van der Waals surface area (Å²) in [6.45, 7) is 0. The maximum atomic E-state index is 12.4. The molecule has 1 saturated carbocycles. The lowest BCUT2D eigenvalue weighted by Crippen LogP contribution is -2.60. The summed E-state index contributed by atoms with van der Waals surface area (Å²) in [4.78, 5) is 37.0. The van der Waals surface area contributed by atoms with E-state index in [-0.39, 0.29) is 42.4 Å². The highest BCUT2D eigenvalue weighted by Gasteiger charge is 2.39. The average molecular weight is 450 g/mol. The smallest absolute Gasteiger partial charge is 0.237 e. The number of carbonyl (C=O) groups excluding carboxylic acids is 3. The molecule has 0 aromatic heterocycles. The summed E-state index contributed by atoms with van der Waals surface area (Å²) >= 11 is 0. The number of hydrazine groups is 1. The van der Waals surface area contributed by atoms with Gasteiger partial charge in [-0.05, 0) is 67.1 Å². The zero-order valence-corrected chi connectivity index (χ0v) is 18.9. The first kappa shape index (κ1) is 23.0. The van der Waals surface area contributed by atoms with Crippen LogP contribution in [0.5, 0.6) is 5.75 Å². The van der Waals surface area contributed by atoms with E-state index < -0.39 is 0 Å². The maximum Gasteiger partial charge on any atom is 0.237 e. The minimum absolute atomic E-state index is 0.0750. The van der Waals surface area contributed by atoms with Gasteiger partial charge in [-0.25, -0.2) is 5.43 Å². The molecule has 1 aliphatic carbocycles. The van der Waals surface area contributed by atoms with Gasteiger partial charge in [-0.3, -0.25) is 19.8 Å². The average Bonchev–Trinajstić information content (AvgIpc) is 2.85. The van der Waals surface area contributed by atoms with Gasteiger partial charge in [0, 0.05) is 36.1 Å². The number of ketones is 1. The van der Waals surface area contributed by atoms with Gasteiger partial charge in [-0.1, -0.05) is 25.0 Å². The van der Waals surface area contributed by atoms with Crippen LogP contribution in [0.15, 0.2) is 48.5 Å². The lowest BCUT2D eigenvalue weighted by Gasteiger charge is -2.41. The Morgan fingerprint density at radius 3 is 2.64 bits per heavy atom. The van der Waals surface area contributed by atoms with Gasteiger partial charge in [-0.15, -0.1) is 0 Å². The number of benzene rings is 2. The molecule has 2 aromatic carbocycles. The van der Waals surface area contributed by atoms with Gasteiger partial charge in [0.1, 0.15) is 5.75 Å². The van der Waals surface area contributed by atoms with Gasteiger partial charge in [0.25, 0.3) is 0 Å². The van der Waals surface area contributed by atoms with Crippen molar-refractivity contribution >= 4 is 23.3 Å². The van der Waals surface area contributed by atoms with Crippen LogP contribution in [0.25, 0.3) is 0 Å². The van der Waals surface area contributed by atoms with E-state index in [4.69, 9.17) is 4.74 Å². The van der Waals surface area contributed by atoms with Crippen LogP contribution in [0.2, 0.25) is 0 Å². The normalized spacial score (nSPS) is 22.1. The topological polar surface area (TPSA) is 96.5 Å². The quantitative estimate of drug-likeness (QED) is 0.535. The first-order chi connectivity index (χ1) is 16.0. The molecule has 1 aliphatic heterocycles. The van der Waals surface area contributed by atoms with Crippen LogP contribution in [0.4, 0.5) is 5.69 Å². The Labute approximate surface area is 194 Å². The summed E-state index contributed by atoms with van der Waals surface area (Å²) in [7, 11) is 1.58. The van der Waals surface area contributed by atoms with Gasteiger partial charge in [-0.2, -0.15) is 0 Å². The summed E-state index contributed by atoms with van der Waals surface area (Å²) in [5.74, 6) is 0.972. The highest BCUT2D eigenvalue weighted by molar-refractivity contribution is 6.00. The molecule has 3 unspecified atom stereocenters. The summed E-state index contributed by atoms with van der Waals surface area (Å²) < 4.78 is 5.10. The van der Waals surface area contributed by atoms with Crippen molar-refractivity contribution in [2.24, 2.45) is 11.8 Å². The molecule has 3 N–H and O–H groups in total. The van der Waals surface area contributed by atoms with E-state index in [1.54, 1.807) is 31.4 Å². The zero-order valence-electron chi connectivity index (χ0n) is 18.9. The molecule has 174 valence electrons. The number of carbonyl (C=O) groups is 3. The van der Waals surface area contributed by atoms with Crippen LogP contribution in [-0.4, -0.2) is 30.7 Å². The van der Waals surface area contributed by atoms with Crippen molar-refractivity contribution in [3.63, 3.8) is 0 Å². The Hall–Kier alpha value is -3.19. The minimum Gasteiger partial charge on any atom is -0.497 e. The molecule has 7 nitrogen and oxygen atoms in total. The van der Waals surface area contributed by atoms with Crippen LogP contribution in [-0.2, 0) is 16.0 Å². The largest absolute Gasteiger partial charge is 0.497 e. The second-order valence-corrected chi connectivity index (χ2v) is 8.90. The molecule has 1 heterocycles. The fraction of sp³-hybridized carbons (Fsp3) is 0.423. The Morgan fingerprint density at radius 1 is 1.06 bits per heavy atom. The fourth-order valence-corrected chi connectivity index (χ4v) is 4.93. The lowest BCUT2D eigenvalue weighted by atomic mass is 9.72. The van der Waals surface area contributed by atoms with E-state index in [1.165, 1.54) is 0 Å². The van der Waals surface area contributed by atoms with Gasteiger partial charge < -0.3 is 10.1 Å². The van der Waals surface area contributed by atoms with Crippen LogP contribution in [0.3, 0.4) is 0 Å². The van der Waals surface area contributed by atoms with Crippen LogP contribution in [0, 0.1) is 11.8 Å². The summed E-state index contributed by atoms with van der Waals surface area (Å²) in [6, 6.07) is 14.9. The molecular weight excluding hydrogens is 418 g/mol. The molecule has 0 radical (unpaired) electrons. The van der Waals surface area contributed by atoms with Crippen molar-refractivity contribution in [3.05, 3.63) is 59.7 Å². The Balaban J connectivity index is 1.30. The van der Waals surface area contributed by atoms with E-state index >= 15 is 0 Å². The molecular formula is C26H31N3O4. The van der Waals surface area contributed by atoms with Gasteiger partial charge >= 0.3 is 0 Å². The lowest BCUT2D eigenvalue weighted by molar-refractivity contribution is -0.133. The Kier molecular flexibility index (Phi) is 7.40. The number of rotatable bonds is 8. The molecule has 7 heteroatoms. The zero-order chi connectivity index (χ0) is 23.2. The molecule has 1 saturated heterocycles. The fourth-order valence-electron chi connectivity index (χ4n) is 4.93. The SMILES string of the molecule is COc1ccc(C(=O)CCC(=O)Nc2cccc(CC3NNC(=O)C4CCCCC34)c2)cc1. The number of Topliss-reactive ketones (excluding diaryl/α,β-unsaturated/α-hetero) is 1. The maximum absolute atomic E-state index is 12.4. The van der Waals surface area contributed by atoms with Crippen molar-refractivity contribution in [2.75, 3.05) is 12.4 Å². The Morgan fingerprint density at radius 2 is 1.85 bits per heavy atom. The molecule has 0 bridgehead atoms. The van der Waals surface area contributed by atoms with Crippen molar-refractivity contribution in [1.29, 1.82) is 0 Å². The van der Waals surface area contributed by atoms with Crippen molar-refractivity contribution < 1.29 is 19.1 Å². The first-order valence-electron chi connectivity index (χ1n) is 11.6. The summed E-state index contributed by atoms with van der Waals surface area (Å²) in [6.07, 6.45) is 5.35. The van der Waals surface area contributed by atoms with E-state index in [9.17, 15) is 14.4 Å². The van der Waals surface area contributed by atoms with Crippen LogP contribution >= 0.6 is 0 Å². The van der Waals surface area contributed by atoms with Crippen LogP contribution in [0.1, 0.15) is 54.4 Å². The van der Waals surface area contributed by atoms with Gasteiger partial charge in [0.05, 0.1) is 7.11 Å². The highest BCUT2D eigenvalue weighted by Crippen LogP contribution is 2.35. The number of ether oxygens (including phenoxy) is 1. The van der Waals surface area contributed by atoms with Crippen LogP contribution < -0.4 is 20.9 Å². The summed E-state index contributed by atoms with van der Waals surface area (Å²) in [5.41, 5.74) is 8.43. The third-order valence-corrected chi connectivity index (χ3v) is 6.71. The summed E-state index contributed by atoms with van der Waals surface area (Å²) in [5, 5.41) is 2.91. The predicted molar refractivity (Wildman–Crippen MR) is 126 cm³/mol. The first-order valence-corrected chi connectivity index (χ1v) is 11.6. The number of nitrogens with one attached hydrogen (secondary N) is 3. The number of anilines is 1. The number of fused-ring (bicyclic) bond motifs is 1. The molecule has 3 atom stereocenters. The number of methoxy groups -OCH3 is 1. The number of amides is 2. The molecule has 0 spiro atoms. The van der Waals surface area contributed by atoms with E-state index in [0.717, 1.165) is 43.4 Å². The molecule has 2 aromatic rings. The second kappa shape index (κ2) is 10.6. The molecule has 2 aliphatic rings. The standard InChI is InChI=1S/C26H31N3O4/c1-33-20-11-9-18(10-12-20)24(30)13-14-25(31)27-19-6-4-5-17(15-19)16-23-21-7-2-3-8-22(21)26(32)29-28-23/h4-6,9-12,15,21-23,28H,2-3,7-8,13-14,16H2,1H3,(H,27,31)(H,29,32). The van der Waals surface area contributed by atoms with Crippen molar-refractivity contribution in [1.82, 2.24) is 10.9 Å². The molecule has 33 heavy (non-hydrogen) atoms. The van der Waals surface area contributed by atoms with E-state index in [2.05, 4.69) is 16.2 Å². The third kappa shape index (κ3) is 5.79. The highest BCUT2D eigenvalue weighted by atomic mass is 16.5. The predicted octanol–water partition coefficient (Wildman–Crippen LogP) is 3.65. The van der Waals surface area contributed by atoms with E-state index in [1.807, 2.05) is 24.3 Å². The molecule has 4 rings (SSSR count). The van der Waals surface area contributed by atoms with Crippen molar-refractivity contribution in [3.8, 4) is 5.75 Å². The molecule has 2 fully saturated rings. The monoisotopic (exact) mass is 449 g/mol. The van der Waals surface area contributed by atoms with E-state index in [0.29, 0.717) is 17.2 Å².